The van der Waals surface area contributed by atoms with E-state index in [-0.39, 0.29) is 22.5 Å². The van der Waals surface area contributed by atoms with Crippen molar-refractivity contribution in [2.45, 2.75) is 124 Å². The molecule has 0 saturated heterocycles. The van der Waals surface area contributed by atoms with E-state index in [0.29, 0.717) is 12.6 Å². The van der Waals surface area contributed by atoms with E-state index < -0.39 is 5.60 Å². The maximum atomic E-state index is 12.3. The van der Waals surface area contributed by atoms with Crippen molar-refractivity contribution in [3.63, 3.8) is 0 Å². The van der Waals surface area contributed by atoms with Gasteiger partial charge in [0.1, 0.15) is 5.60 Å². The zero-order chi connectivity index (χ0) is 20.9. The van der Waals surface area contributed by atoms with E-state index in [0.717, 1.165) is 25.7 Å². The summed E-state index contributed by atoms with van der Waals surface area (Å²) in [6.07, 6.45) is 7.35. The predicted octanol–water partition coefficient (Wildman–Crippen LogP) is 6.04. The largest absolute Gasteiger partial charge is 0.444 e. The first-order chi connectivity index (χ1) is 12.2. The normalized spacial score (nSPS) is 25.9. The lowest BCUT2D eigenvalue weighted by atomic mass is 9.62. The average Bonchev–Trinajstić information content (AvgIpc) is 2.41. The van der Waals surface area contributed by atoms with Gasteiger partial charge in [-0.2, -0.15) is 0 Å². The minimum Gasteiger partial charge on any atom is -0.444 e. The molecule has 1 fully saturated rings. The van der Waals surface area contributed by atoms with Crippen LogP contribution in [-0.4, -0.2) is 29.8 Å². The predicted molar refractivity (Wildman–Crippen MR) is 115 cm³/mol. The van der Waals surface area contributed by atoms with Crippen molar-refractivity contribution in [3.05, 3.63) is 0 Å². The van der Waals surface area contributed by atoms with Gasteiger partial charge in [-0.25, -0.2) is 4.79 Å². The maximum absolute atomic E-state index is 12.3. The summed E-state index contributed by atoms with van der Waals surface area (Å²) in [6, 6.07) is 0.481. The highest BCUT2D eigenvalue weighted by Gasteiger charge is 2.42. The first kappa shape index (κ1) is 24.3. The van der Waals surface area contributed by atoms with Crippen molar-refractivity contribution in [1.29, 1.82) is 0 Å². The molecule has 1 saturated carbocycles. The Morgan fingerprint density at radius 1 is 1.04 bits per heavy atom. The van der Waals surface area contributed by atoms with Gasteiger partial charge in [-0.1, -0.05) is 47.5 Å². The van der Waals surface area contributed by atoms with Gasteiger partial charge in [0.2, 0.25) is 0 Å². The van der Waals surface area contributed by atoms with Crippen LogP contribution in [0.5, 0.6) is 0 Å². The Morgan fingerprint density at radius 3 is 2.19 bits per heavy atom. The maximum Gasteiger partial charge on any atom is 0.407 e. The number of nitrogens with one attached hydrogen (secondary N) is 2. The molecule has 1 aliphatic rings. The molecule has 2 atom stereocenters. The zero-order valence-electron chi connectivity index (χ0n) is 19.6. The number of amides is 1. The Kier molecular flexibility index (Phi) is 8.23. The number of carbonyl (C=O) groups is 1. The summed E-state index contributed by atoms with van der Waals surface area (Å²) in [6.45, 7) is 20.6. The lowest BCUT2D eigenvalue weighted by Gasteiger charge is -2.49. The first-order valence-electron chi connectivity index (χ1n) is 11.0. The standard InChI is InChI=1S/C23H46N2O2/c1-10-12-21(5,6)25-18-14-20(3,4)16-23(9,15-18)17-24-19(26)27-22(7,8)13-11-2/h18,25H,10-17H2,1-9H3,(H,24,26). The molecule has 2 unspecified atom stereocenters. The summed E-state index contributed by atoms with van der Waals surface area (Å²) in [5.41, 5.74) is 0.0970. The second kappa shape index (κ2) is 9.15. The van der Waals surface area contributed by atoms with Crippen molar-refractivity contribution >= 4 is 6.09 Å². The van der Waals surface area contributed by atoms with Gasteiger partial charge >= 0.3 is 6.09 Å². The van der Waals surface area contributed by atoms with Gasteiger partial charge in [0, 0.05) is 18.1 Å². The fourth-order valence-corrected chi connectivity index (χ4v) is 5.35. The van der Waals surface area contributed by atoms with Crippen molar-refractivity contribution in [3.8, 4) is 0 Å². The van der Waals surface area contributed by atoms with E-state index in [2.05, 4.69) is 59.1 Å². The smallest absolute Gasteiger partial charge is 0.407 e. The number of carbonyl (C=O) groups excluding carboxylic acids is 1. The van der Waals surface area contributed by atoms with Gasteiger partial charge in [-0.3, -0.25) is 0 Å². The summed E-state index contributed by atoms with van der Waals surface area (Å²) in [4.78, 5) is 12.3. The number of hydrogen-bond donors (Lipinski definition) is 2. The van der Waals surface area contributed by atoms with Crippen LogP contribution in [0.25, 0.3) is 0 Å². The highest BCUT2D eigenvalue weighted by atomic mass is 16.6. The van der Waals surface area contributed by atoms with Crippen LogP contribution in [0.3, 0.4) is 0 Å². The third-order valence-corrected chi connectivity index (χ3v) is 5.79. The number of alkyl carbamates (subject to hydrolysis) is 1. The molecule has 1 aliphatic carbocycles. The average molecular weight is 383 g/mol. The minimum atomic E-state index is -0.403. The van der Waals surface area contributed by atoms with Crippen molar-refractivity contribution in [2.75, 3.05) is 6.54 Å². The van der Waals surface area contributed by atoms with Crippen LogP contribution in [0.15, 0.2) is 0 Å². The Morgan fingerprint density at radius 2 is 1.63 bits per heavy atom. The lowest BCUT2D eigenvalue weighted by molar-refractivity contribution is 0.0227. The van der Waals surface area contributed by atoms with E-state index in [4.69, 9.17) is 4.74 Å². The number of ether oxygens (including phenoxy) is 1. The topological polar surface area (TPSA) is 50.4 Å². The highest BCUT2D eigenvalue weighted by molar-refractivity contribution is 5.67. The van der Waals surface area contributed by atoms with Crippen LogP contribution < -0.4 is 10.6 Å². The van der Waals surface area contributed by atoms with E-state index >= 15 is 0 Å². The molecule has 4 nitrogen and oxygen atoms in total. The molecule has 0 aliphatic heterocycles. The third kappa shape index (κ3) is 8.85. The fraction of sp³-hybridized carbons (Fsp3) is 0.957. The van der Waals surface area contributed by atoms with E-state index in [1.54, 1.807) is 0 Å². The molecule has 0 bridgehead atoms. The Balaban J connectivity index is 2.70. The Hall–Kier alpha value is -0.770. The Bertz CT molecular complexity index is 485. The van der Waals surface area contributed by atoms with Crippen molar-refractivity contribution < 1.29 is 9.53 Å². The van der Waals surface area contributed by atoms with Crippen LogP contribution in [-0.2, 0) is 4.74 Å². The third-order valence-electron chi connectivity index (χ3n) is 5.79. The molecule has 0 aromatic rings. The first-order valence-corrected chi connectivity index (χ1v) is 11.0. The van der Waals surface area contributed by atoms with Gasteiger partial charge in [0.15, 0.2) is 0 Å². The summed E-state index contributed by atoms with van der Waals surface area (Å²) >= 11 is 0. The molecular weight excluding hydrogens is 336 g/mol. The van der Waals surface area contributed by atoms with Gasteiger partial charge in [-0.15, -0.1) is 0 Å². The van der Waals surface area contributed by atoms with E-state index in [1.807, 2.05) is 13.8 Å². The molecule has 0 aromatic carbocycles. The fourth-order valence-electron chi connectivity index (χ4n) is 5.35. The summed E-state index contributed by atoms with van der Waals surface area (Å²) in [7, 11) is 0. The SMILES string of the molecule is CCCC(C)(C)NC1CC(C)(C)CC(C)(CNC(=O)OC(C)(C)CCC)C1. The van der Waals surface area contributed by atoms with Crippen molar-refractivity contribution in [2.24, 2.45) is 10.8 Å². The molecule has 4 heteroatoms. The summed E-state index contributed by atoms with van der Waals surface area (Å²) in [5, 5.41) is 6.97. The highest BCUT2D eigenvalue weighted by Crippen LogP contribution is 2.46. The quantitative estimate of drug-likeness (QED) is 0.511. The molecule has 1 rings (SSSR count). The van der Waals surface area contributed by atoms with Gasteiger partial charge in [0.05, 0.1) is 0 Å². The second-order valence-corrected chi connectivity index (χ2v) is 11.3. The molecule has 0 aromatic heterocycles. The molecule has 27 heavy (non-hydrogen) atoms. The summed E-state index contributed by atoms with van der Waals surface area (Å²) in [5.74, 6) is 0. The van der Waals surface area contributed by atoms with Gasteiger partial charge < -0.3 is 15.4 Å². The van der Waals surface area contributed by atoms with E-state index in [9.17, 15) is 4.79 Å². The molecule has 0 spiro atoms. The number of rotatable bonds is 9. The van der Waals surface area contributed by atoms with E-state index in [1.165, 1.54) is 19.3 Å². The zero-order valence-corrected chi connectivity index (χ0v) is 19.6. The molecule has 2 N–H and O–H groups in total. The molecule has 0 radical (unpaired) electrons. The number of hydrogen-bond acceptors (Lipinski definition) is 3. The lowest BCUT2D eigenvalue weighted by Crippen LogP contribution is -2.54. The Labute approximate surface area is 168 Å². The second-order valence-electron chi connectivity index (χ2n) is 11.3. The monoisotopic (exact) mass is 382 g/mol. The van der Waals surface area contributed by atoms with Crippen LogP contribution in [0.1, 0.15) is 107 Å². The summed E-state index contributed by atoms with van der Waals surface area (Å²) < 4.78 is 5.64. The molecule has 1 amide bonds. The molecular formula is C23H46N2O2. The van der Waals surface area contributed by atoms with Crippen LogP contribution in [0.4, 0.5) is 4.79 Å². The van der Waals surface area contributed by atoms with Gasteiger partial charge in [0.25, 0.3) is 0 Å². The van der Waals surface area contributed by atoms with Crippen LogP contribution >= 0.6 is 0 Å². The van der Waals surface area contributed by atoms with Crippen LogP contribution in [0, 0.1) is 10.8 Å². The molecule has 0 heterocycles. The molecule has 160 valence electrons. The van der Waals surface area contributed by atoms with Gasteiger partial charge in [-0.05, 0) is 70.6 Å². The minimum absolute atomic E-state index is 0.0790. The van der Waals surface area contributed by atoms with Crippen molar-refractivity contribution in [1.82, 2.24) is 10.6 Å². The van der Waals surface area contributed by atoms with Crippen LogP contribution in [0.2, 0.25) is 0 Å².